The van der Waals surface area contributed by atoms with Gasteiger partial charge in [-0.1, -0.05) is 17.7 Å². The molecule has 22 heavy (non-hydrogen) atoms. The Kier molecular flexibility index (Phi) is 3.15. The van der Waals surface area contributed by atoms with E-state index in [-0.39, 0.29) is 0 Å². The van der Waals surface area contributed by atoms with Crippen LogP contribution in [0.4, 0.5) is 11.6 Å². The Morgan fingerprint density at radius 1 is 1.41 bits per heavy atom. The van der Waals surface area contributed by atoms with Crippen molar-refractivity contribution < 1.29 is 4.74 Å². The van der Waals surface area contributed by atoms with E-state index in [4.69, 9.17) is 16.3 Å². The lowest BCUT2D eigenvalue weighted by molar-refractivity contribution is 0.416. The van der Waals surface area contributed by atoms with Gasteiger partial charge < -0.3 is 15.0 Å². The molecule has 1 saturated carbocycles. The second-order valence-electron chi connectivity index (χ2n) is 5.32. The first-order valence-corrected chi connectivity index (χ1v) is 7.49. The Morgan fingerprint density at radius 2 is 2.27 bits per heavy atom. The summed E-state index contributed by atoms with van der Waals surface area (Å²) in [5.41, 5.74) is 2.58. The minimum atomic E-state index is 0.477. The van der Waals surface area contributed by atoms with Gasteiger partial charge in [-0.3, -0.25) is 0 Å². The van der Waals surface area contributed by atoms with Crippen LogP contribution in [0.5, 0.6) is 5.75 Å². The van der Waals surface area contributed by atoms with Crippen LogP contribution in [0.3, 0.4) is 0 Å². The monoisotopic (exact) mass is 313 g/mol. The van der Waals surface area contributed by atoms with Crippen molar-refractivity contribution in [2.45, 2.75) is 18.8 Å². The maximum atomic E-state index is 6.25. The van der Waals surface area contributed by atoms with Gasteiger partial charge in [-0.05, 0) is 31.0 Å². The van der Waals surface area contributed by atoms with Gasteiger partial charge in [0.05, 0.1) is 28.9 Å². The third-order valence-electron chi connectivity index (χ3n) is 3.77. The molecule has 0 aliphatic heterocycles. The first kappa shape index (κ1) is 13.4. The number of aromatic nitrogens is 3. The molecule has 2 heterocycles. The molecule has 0 atom stereocenters. The molecule has 0 saturated heterocycles. The van der Waals surface area contributed by atoms with E-state index < -0.39 is 0 Å². The first-order valence-electron chi connectivity index (χ1n) is 7.12. The van der Waals surface area contributed by atoms with Crippen molar-refractivity contribution >= 4 is 34.3 Å². The van der Waals surface area contributed by atoms with E-state index in [0.717, 1.165) is 35.3 Å². The van der Waals surface area contributed by atoms with Gasteiger partial charge in [0.25, 0.3) is 0 Å². The van der Waals surface area contributed by atoms with Gasteiger partial charge in [0, 0.05) is 12.1 Å². The number of benzene rings is 1. The van der Waals surface area contributed by atoms with Crippen molar-refractivity contribution in [3.63, 3.8) is 0 Å². The van der Waals surface area contributed by atoms with Gasteiger partial charge in [0.1, 0.15) is 11.4 Å². The Bertz CT molecular complexity index is 841. The number of fused-ring (bicyclic) bond motifs is 1. The number of rotatable bonds is 4. The average Bonchev–Trinajstić information content (AvgIpc) is 3.32. The summed E-state index contributed by atoms with van der Waals surface area (Å²) in [6.07, 6.45) is 4.06. The summed E-state index contributed by atoms with van der Waals surface area (Å²) in [5, 5.41) is 4.83. The molecule has 2 aromatic heterocycles. The summed E-state index contributed by atoms with van der Waals surface area (Å²) in [7, 11) is 1.62. The van der Waals surface area contributed by atoms with E-state index in [9.17, 15) is 0 Å². The van der Waals surface area contributed by atoms with Crippen LogP contribution >= 0.6 is 11.6 Å². The minimum absolute atomic E-state index is 0.477. The molecule has 0 unspecified atom stereocenters. The van der Waals surface area contributed by atoms with Crippen LogP contribution in [0.2, 0.25) is 5.02 Å². The number of ether oxygens (including phenoxy) is 1. The maximum Gasteiger partial charge on any atom is 0.229 e. The molecule has 1 aliphatic rings. The lowest BCUT2D eigenvalue weighted by Gasteiger charge is -2.11. The number of hydrogen-bond acceptors (Lipinski definition) is 4. The zero-order valence-corrected chi connectivity index (χ0v) is 12.7. The first-order chi connectivity index (χ1) is 10.8. The number of halogens is 1. The van der Waals surface area contributed by atoms with E-state index >= 15 is 0 Å². The van der Waals surface area contributed by atoms with Crippen molar-refractivity contribution in [1.29, 1.82) is 0 Å². The lowest BCUT2D eigenvalue weighted by atomic mass is 10.2. The standard InChI is InChI=1S/C16H14ClN4O/c1-22-12-5-3-2-4-11(12)19-16-20-14(9-6-7-9)13-10(17)8-18-15(13)21-16/h2,4-5,8-9H,6-7H2,1H3,(H2,18,19,20,21). The zero-order chi connectivity index (χ0) is 15.1. The normalized spacial score (nSPS) is 14.3. The molecule has 4 rings (SSSR count). The molecule has 5 nitrogen and oxygen atoms in total. The van der Waals surface area contributed by atoms with Gasteiger partial charge in [0.15, 0.2) is 0 Å². The highest BCUT2D eigenvalue weighted by Gasteiger charge is 2.29. The van der Waals surface area contributed by atoms with Crippen LogP contribution in [0.15, 0.2) is 24.4 Å². The number of anilines is 2. The number of aromatic amines is 1. The molecule has 1 aromatic carbocycles. The number of nitrogens with zero attached hydrogens (tertiary/aromatic N) is 2. The minimum Gasteiger partial charge on any atom is -0.495 e. The van der Waals surface area contributed by atoms with Gasteiger partial charge in [-0.25, -0.2) is 4.98 Å². The predicted octanol–water partition coefficient (Wildman–Crippen LogP) is 4.04. The van der Waals surface area contributed by atoms with Crippen molar-refractivity contribution in [2.75, 3.05) is 12.4 Å². The fourth-order valence-corrected chi connectivity index (χ4v) is 2.78. The van der Waals surface area contributed by atoms with E-state index in [1.807, 2.05) is 12.1 Å². The quantitative estimate of drug-likeness (QED) is 0.763. The van der Waals surface area contributed by atoms with Crippen molar-refractivity contribution in [3.8, 4) is 5.75 Å². The molecule has 6 heteroatoms. The fraction of sp³-hybridized carbons (Fsp3) is 0.250. The third kappa shape index (κ3) is 2.27. The molecule has 0 spiro atoms. The molecule has 111 valence electrons. The van der Waals surface area contributed by atoms with Crippen LogP contribution in [0.25, 0.3) is 11.0 Å². The van der Waals surface area contributed by atoms with Crippen LogP contribution < -0.4 is 10.1 Å². The van der Waals surface area contributed by atoms with Gasteiger partial charge in [-0.15, -0.1) is 0 Å². The van der Waals surface area contributed by atoms with Crippen LogP contribution in [-0.4, -0.2) is 22.1 Å². The second-order valence-corrected chi connectivity index (χ2v) is 5.73. The van der Waals surface area contributed by atoms with Crippen molar-refractivity contribution in [2.24, 2.45) is 0 Å². The summed E-state index contributed by atoms with van der Waals surface area (Å²) in [4.78, 5) is 12.3. The van der Waals surface area contributed by atoms with Gasteiger partial charge in [0.2, 0.25) is 5.95 Å². The Morgan fingerprint density at radius 3 is 3.05 bits per heavy atom. The number of hydrogen-bond donors (Lipinski definition) is 2. The highest BCUT2D eigenvalue weighted by Crippen LogP contribution is 2.44. The van der Waals surface area contributed by atoms with E-state index in [0.29, 0.717) is 22.6 Å². The van der Waals surface area contributed by atoms with Crippen LogP contribution in [-0.2, 0) is 0 Å². The summed E-state index contributed by atoms with van der Waals surface area (Å²) < 4.78 is 5.32. The predicted molar refractivity (Wildman–Crippen MR) is 86.0 cm³/mol. The topological polar surface area (TPSA) is 62.8 Å². The molecule has 1 radical (unpaired) electrons. The lowest BCUT2D eigenvalue weighted by Crippen LogP contribution is -2.02. The smallest absolute Gasteiger partial charge is 0.229 e. The van der Waals surface area contributed by atoms with Crippen LogP contribution in [0, 0.1) is 6.07 Å². The van der Waals surface area contributed by atoms with Crippen molar-refractivity contribution in [3.05, 3.63) is 41.2 Å². The number of nitrogens with one attached hydrogen (secondary N) is 2. The molecule has 2 N–H and O–H groups in total. The van der Waals surface area contributed by atoms with E-state index in [1.165, 1.54) is 0 Å². The largest absolute Gasteiger partial charge is 0.495 e. The Hall–Kier alpha value is -2.27. The zero-order valence-electron chi connectivity index (χ0n) is 12.0. The second kappa shape index (κ2) is 5.18. The summed E-state index contributed by atoms with van der Waals surface area (Å²) in [6, 6.07) is 8.45. The molecule has 0 amide bonds. The van der Waals surface area contributed by atoms with Gasteiger partial charge >= 0.3 is 0 Å². The Balaban J connectivity index is 1.79. The fourth-order valence-electron chi connectivity index (χ4n) is 2.54. The number of methoxy groups -OCH3 is 1. The summed E-state index contributed by atoms with van der Waals surface area (Å²) >= 11 is 6.25. The SMILES string of the molecule is COc1c[c]ccc1Nc1nc(C2CC2)c2c(Cl)c[nH]c2n1. The molecular weight excluding hydrogens is 300 g/mol. The molecule has 0 bridgehead atoms. The van der Waals surface area contributed by atoms with Crippen molar-refractivity contribution in [1.82, 2.24) is 15.0 Å². The molecular formula is C16H14ClN4O. The highest BCUT2D eigenvalue weighted by atomic mass is 35.5. The Labute approximate surface area is 132 Å². The molecule has 1 aliphatic carbocycles. The van der Waals surface area contributed by atoms with Gasteiger partial charge in [-0.2, -0.15) is 4.98 Å². The highest BCUT2D eigenvalue weighted by molar-refractivity contribution is 6.35. The van der Waals surface area contributed by atoms with E-state index in [1.54, 1.807) is 19.4 Å². The molecule has 1 fully saturated rings. The summed E-state index contributed by atoms with van der Waals surface area (Å²) in [6.45, 7) is 0. The average molecular weight is 314 g/mol. The van der Waals surface area contributed by atoms with Crippen LogP contribution in [0.1, 0.15) is 24.5 Å². The van der Waals surface area contributed by atoms with E-state index in [2.05, 4.69) is 26.3 Å². The summed E-state index contributed by atoms with van der Waals surface area (Å²) in [5.74, 6) is 1.71. The maximum absolute atomic E-state index is 6.25. The molecule has 3 aromatic rings. The number of H-pyrrole nitrogens is 1. The third-order valence-corrected chi connectivity index (χ3v) is 4.07.